The molecule has 25 heavy (non-hydrogen) atoms. The molecule has 0 aliphatic carbocycles. The van der Waals surface area contributed by atoms with E-state index in [1.165, 1.54) is 0 Å². The van der Waals surface area contributed by atoms with Gasteiger partial charge in [-0.3, -0.25) is 0 Å². The summed E-state index contributed by atoms with van der Waals surface area (Å²) >= 11 is 14.4. The molecular weight excluding hydrogens is 383 g/mol. The second-order valence-electron chi connectivity index (χ2n) is 5.88. The Bertz CT molecular complexity index is 760. The molecule has 0 aliphatic heterocycles. The molecule has 0 bridgehead atoms. The normalized spacial score (nSPS) is 14.0. The summed E-state index contributed by atoms with van der Waals surface area (Å²) in [7, 11) is -5.64. The lowest BCUT2D eigenvalue weighted by Crippen LogP contribution is -2.64. The first kappa shape index (κ1) is 18.4. The van der Waals surface area contributed by atoms with Crippen LogP contribution in [-0.4, -0.2) is 15.3 Å². The van der Waals surface area contributed by atoms with E-state index >= 15 is 0 Å². The van der Waals surface area contributed by atoms with Crippen LogP contribution < -0.4 is 15.6 Å². The van der Waals surface area contributed by atoms with E-state index in [9.17, 15) is 0 Å². The average Bonchev–Trinajstić information content (AvgIpc) is 2.70. The Hall–Kier alpha value is -1.37. The van der Waals surface area contributed by atoms with Gasteiger partial charge in [0, 0.05) is 0 Å². The summed E-state index contributed by atoms with van der Waals surface area (Å²) < 4.78 is 6.74. The fraction of sp³-hybridized carbons (Fsp3) is 0.100. The van der Waals surface area contributed by atoms with Crippen molar-refractivity contribution in [3.8, 4) is 0 Å². The van der Waals surface area contributed by atoms with Crippen LogP contribution in [0.25, 0.3) is 0 Å². The molecule has 5 heteroatoms. The summed E-state index contributed by atoms with van der Waals surface area (Å²) in [6, 6.07) is 31.0. The van der Waals surface area contributed by atoms with Crippen molar-refractivity contribution in [3.05, 3.63) is 91.0 Å². The van der Waals surface area contributed by atoms with Gasteiger partial charge in [-0.2, -0.15) is 0 Å². The topological polar surface area (TPSA) is 9.23 Å². The molecule has 0 fully saturated rings. The molecule has 3 rings (SSSR count). The van der Waals surface area contributed by atoms with Crippen LogP contribution in [0.1, 0.15) is 6.92 Å². The highest BCUT2D eigenvalue weighted by molar-refractivity contribution is 7.37. The lowest BCUT2D eigenvalue weighted by atomic mass is 10.4. The van der Waals surface area contributed by atoms with Crippen molar-refractivity contribution in [2.75, 3.05) is 0 Å². The molecule has 0 radical (unpaired) electrons. The average molecular weight is 403 g/mol. The van der Waals surface area contributed by atoms with Gasteiger partial charge in [0.05, 0.1) is 0 Å². The zero-order chi connectivity index (χ0) is 17.8. The molecule has 1 unspecified atom stereocenters. The third kappa shape index (κ3) is 3.91. The number of benzene rings is 3. The Morgan fingerprint density at radius 3 is 1.36 bits per heavy atom. The summed E-state index contributed by atoms with van der Waals surface area (Å²) in [5.41, 5.74) is 0. The van der Waals surface area contributed by atoms with Crippen molar-refractivity contribution in [1.29, 1.82) is 0 Å². The predicted octanol–water partition coefficient (Wildman–Crippen LogP) is 4.11. The summed E-state index contributed by atoms with van der Waals surface area (Å²) in [5, 5.41) is 3.10. The number of rotatable bonds is 6. The van der Waals surface area contributed by atoms with E-state index in [0.29, 0.717) is 0 Å². The highest BCUT2D eigenvalue weighted by Crippen LogP contribution is 2.25. The van der Waals surface area contributed by atoms with Crippen LogP contribution in [0.5, 0.6) is 0 Å². The van der Waals surface area contributed by atoms with Crippen molar-refractivity contribution in [2.45, 2.75) is 13.0 Å². The summed E-state index contributed by atoms with van der Waals surface area (Å²) in [4.78, 5) is 0. The first-order chi connectivity index (χ1) is 12.1. The number of hydrogen-bond acceptors (Lipinski definition) is 1. The third-order valence-electron chi connectivity index (χ3n) is 4.25. The predicted molar refractivity (Wildman–Crippen MR) is 113 cm³/mol. The fourth-order valence-corrected chi connectivity index (χ4v) is 13.0. The van der Waals surface area contributed by atoms with Gasteiger partial charge >= 0.3 is 15.3 Å². The van der Waals surface area contributed by atoms with Crippen LogP contribution in [0.15, 0.2) is 91.0 Å². The molecular formula is C20H20Cl2OSi2. The maximum absolute atomic E-state index is 7.27. The fourth-order valence-electron chi connectivity index (χ4n) is 2.83. The van der Waals surface area contributed by atoms with Gasteiger partial charge in [-0.25, -0.2) is 0 Å². The van der Waals surface area contributed by atoms with Crippen molar-refractivity contribution >= 4 is 53.0 Å². The summed E-state index contributed by atoms with van der Waals surface area (Å²) in [5.74, 6) is 0. The van der Waals surface area contributed by atoms with Gasteiger partial charge in [-0.1, -0.05) is 97.9 Å². The van der Waals surface area contributed by atoms with Crippen molar-refractivity contribution in [2.24, 2.45) is 0 Å². The van der Waals surface area contributed by atoms with Gasteiger partial charge in [0.1, 0.15) is 0 Å². The minimum Gasteiger partial charge on any atom is -0.423 e. The number of halogens is 2. The molecule has 0 heterocycles. The van der Waals surface area contributed by atoms with Crippen LogP contribution in [0.2, 0.25) is 6.04 Å². The zero-order valence-corrected chi connectivity index (χ0v) is 17.5. The molecule has 0 spiro atoms. The van der Waals surface area contributed by atoms with Gasteiger partial charge < -0.3 is 4.12 Å². The first-order valence-electron chi connectivity index (χ1n) is 8.33. The van der Waals surface area contributed by atoms with E-state index < -0.39 is 15.3 Å². The van der Waals surface area contributed by atoms with E-state index in [0.717, 1.165) is 21.6 Å². The van der Waals surface area contributed by atoms with Crippen molar-refractivity contribution in [3.63, 3.8) is 0 Å². The maximum atomic E-state index is 7.27. The van der Waals surface area contributed by atoms with Gasteiger partial charge in [0.2, 0.25) is 0 Å². The molecule has 0 saturated heterocycles. The third-order valence-corrected chi connectivity index (χ3v) is 15.1. The quantitative estimate of drug-likeness (QED) is 0.445. The molecule has 0 amide bonds. The SMILES string of the molecule is CC[Si](Cl)(O[Si](Cl)(c1ccccc1)c1ccccc1)c1ccccc1. The van der Waals surface area contributed by atoms with E-state index in [1.807, 2.05) is 91.0 Å². The standard InChI is InChI=1S/C20H20Cl2OSi2/c1-2-24(21,18-12-6-3-7-13-18)23-25(22,19-14-8-4-9-15-19)20-16-10-5-11-17-20/h3-17H,2H2,1H3. The second kappa shape index (κ2) is 7.89. The molecule has 3 aromatic carbocycles. The molecule has 0 aromatic heterocycles. The number of hydrogen-bond donors (Lipinski definition) is 0. The van der Waals surface area contributed by atoms with E-state index in [-0.39, 0.29) is 0 Å². The lowest BCUT2D eigenvalue weighted by molar-refractivity contribution is 0.600. The van der Waals surface area contributed by atoms with Crippen LogP contribution >= 0.6 is 22.2 Å². The molecule has 0 saturated carbocycles. The summed E-state index contributed by atoms with van der Waals surface area (Å²) in [6.07, 6.45) is 0. The monoisotopic (exact) mass is 402 g/mol. The highest BCUT2D eigenvalue weighted by atomic mass is 35.6. The van der Waals surface area contributed by atoms with E-state index in [4.69, 9.17) is 26.3 Å². The Kier molecular flexibility index (Phi) is 5.82. The Morgan fingerprint density at radius 2 is 1.00 bits per heavy atom. The van der Waals surface area contributed by atoms with Gasteiger partial charge in [0.25, 0.3) is 0 Å². The van der Waals surface area contributed by atoms with E-state index in [1.54, 1.807) is 0 Å². The highest BCUT2D eigenvalue weighted by Gasteiger charge is 2.47. The van der Waals surface area contributed by atoms with Crippen LogP contribution in [-0.2, 0) is 4.12 Å². The molecule has 1 nitrogen and oxygen atoms in total. The maximum Gasteiger partial charge on any atom is 0.346 e. The van der Waals surface area contributed by atoms with Crippen LogP contribution in [0, 0.1) is 0 Å². The molecule has 128 valence electrons. The summed E-state index contributed by atoms with van der Waals surface area (Å²) in [6.45, 7) is 2.08. The molecule has 3 aromatic rings. The van der Waals surface area contributed by atoms with Crippen molar-refractivity contribution < 1.29 is 4.12 Å². The minimum atomic E-state index is -2.94. The Labute approximate surface area is 160 Å². The largest absolute Gasteiger partial charge is 0.423 e. The zero-order valence-electron chi connectivity index (χ0n) is 14.0. The minimum absolute atomic E-state index is 0.750. The van der Waals surface area contributed by atoms with Gasteiger partial charge in [-0.05, 0) is 21.6 Å². The van der Waals surface area contributed by atoms with E-state index in [2.05, 4.69) is 6.92 Å². The van der Waals surface area contributed by atoms with Crippen LogP contribution in [0.3, 0.4) is 0 Å². The lowest BCUT2D eigenvalue weighted by Gasteiger charge is -2.35. The molecule has 0 aliphatic rings. The van der Waals surface area contributed by atoms with Crippen molar-refractivity contribution in [1.82, 2.24) is 0 Å². The van der Waals surface area contributed by atoms with Gasteiger partial charge in [0.15, 0.2) is 0 Å². The molecule has 0 N–H and O–H groups in total. The smallest absolute Gasteiger partial charge is 0.346 e. The second-order valence-corrected chi connectivity index (χ2v) is 15.2. The molecule has 1 atom stereocenters. The first-order valence-corrected chi connectivity index (χ1v) is 14.4. The van der Waals surface area contributed by atoms with Crippen LogP contribution in [0.4, 0.5) is 0 Å². The Morgan fingerprint density at radius 1 is 0.640 bits per heavy atom. The Balaban J connectivity index is 2.10. The van der Waals surface area contributed by atoms with Gasteiger partial charge in [-0.15, -0.1) is 22.2 Å².